The second-order valence-corrected chi connectivity index (χ2v) is 7.79. The lowest BCUT2D eigenvalue weighted by Gasteiger charge is -2.16. The van der Waals surface area contributed by atoms with E-state index in [-0.39, 0.29) is 5.56 Å². The number of fused-ring (bicyclic) bond motifs is 1. The molecular weight excluding hydrogens is 382 g/mol. The Hall–Kier alpha value is -3.10. The van der Waals surface area contributed by atoms with Gasteiger partial charge in [-0.15, -0.1) is 0 Å². The zero-order valence-corrected chi connectivity index (χ0v) is 18.1. The first-order valence-corrected chi connectivity index (χ1v) is 10.4. The molecule has 160 valence electrons. The van der Waals surface area contributed by atoms with Gasteiger partial charge < -0.3 is 14.5 Å². The van der Waals surface area contributed by atoms with Gasteiger partial charge in [-0.05, 0) is 32.6 Å². The maximum Gasteiger partial charge on any atom is 0.278 e. The van der Waals surface area contributed by atoms with Crippen molar-refractivity contribution in [3.8, 4) is 11.4 Å². The summed E-state index contributed by atoms with van der Waals surface area (Å²) in [6.07, 6.45) is 7.90. The van der Waals surface area contributed by atoms with Gasteiger partial charge in [-0.25, -0.2) is 19.9 Å². The normalized spacial score (nSPS) is 13.6. The van der Waals surface area contributed by atoms with Gasteiger partial charge in [0.05, 0.1) is 11.9 Å². The zero-order chi connectivity index (χ0) is 21.7. The molecule has 0 atom stereocenters. The number of nitrogens with zero attached hydrogens (tertiary/aromatic N) is 6. The highest BCUT2D eigenvalue weighted by Gasteiger charge is 2.18. The number of rotatable bonds is 4. The SMILES string of the molecule is CC(C)CC(=O)N1CCCC1.CCn1c(-c2cnc(C)nc2)nc2c(=O)[nH]cnc21. The molecule has 4 rings (SSSR count). The molecule has 3 aromatic rings. The summed E-state index contributed by atoms with van der Waals surface area (Å²) in [6, 6.07) is 0. The third-order valence-corrected chi connectivity index (χ3v) is 4.94. The van der Waals surface area contributed by atoms with Crippen LogP contribution in [0.25, 0.3) is 22.6 Å². The second-order valence-electron chi connectivity index (χ2n) is 7.79. The van der Waals surface area contributed by atoms with Crippen LogP contribution in [0, 0.1) is 12.8 Å². The van der Waals surface area contributed by atoms with Crippen LogP contribution in [0.4, 0.5) is 0 Å². The molecule has 0 aliphatic carbocycles. The number of aryl methyl sites for hydroxylation is 2. The Labute approximate surface area is 175 Å². The van der Waals surface area contributed by atoms with Crippen molar-refractivity contribution in [2.24, 2.45) is 5.92 Å². The summed E-state index contributed by atoms with van der Waals surface area (Å²) in [5.41, 5.74) is 1.43. The van der Waals surface area contributed by atoms with Gasteiger partial charge in [-0.2, -0.15) is 0 Å². The molecule has 9 nitrogen and oxygen atoms in total. The Morgan fingerprint density at radius 3 is 2.43 bits per heavy atom. The number of carbonyl (C=O) groups is 1. The first kappa shape index (κ1) is 21.6. The molecule has 4 heterocycles. The molecule has 1 aliphatic heterocycles. The number of aromatic amines is 1. The molecule has 0 saturated carbocycles. The van der Waals surface area contributed by atoms with Crippen molar-refractivity contribution in [1.29, 1.82) is 0 Å². The largest absolute Gasteiger partial charge is 0.343 e. The van der Waals surface area contributed by atoms with Gasteiger partial charge in [0.15, 0.2) is 11.2 Å². The lowest BCUT2D eigenvalue weighted by molar-refractivity contribution is -0.130. The summed E-state index contributed by atoms with van der Waals surface area (Å²) in [5, 5.41) is 0. The van der Waals surface area contributed by atoms with E-state index in [1.165, 1.54) is 19.2 Å². The van der Waals surface area contributed by atoms with E-state index < -0.39 is 0 Å². The minimum atomic E-state index is -0.244. The highest BCUT2D eigenvalue weighted by molar-refractivity contribution is 5.76. The average Bonchev–Trinajstić information content (AvgIpc) is 3.37. The number of imidazole rings is 1. The smallest absolute Gasteiger partial charge is 0.278 e. The van der Waals surface area contributed by atoms with E-state index in [2.05, 4.69) is 38.8 Å². The van der Waals surface area contributed by atoms with Gasteiger partial charge in [0, 0.05) is 38.4 Å². The van der Waals surface area contributed by atoms with E-state index in [1.807, 2.05) is 23.3 Å². The standard InChI is InChI=1S/C12H12N6O.C9H17NO/c1-3-18-10(8-4-13-7(2)14-5-8)17-9-11(18)15-6-16-12(9)19;1-8(2)7-9(11)10-5-3-4-6-10/h4-6H,3H2,1-2H3,(H,15,16,19);8H,3-7H2,1-2H3. The average molecular weight is 412 g/mol. The maximum atomic E-state index is 11.7. The summed E-state index contributed by atoms with van der Waals surface area (Å²) in [7, 11) is 0. The Balaban J connectivity index is 0.000000199. The van der Waals surface area contributed by atoms with Crippen molar-refractivity contribution in [2.45, 2.75) is 53.5 Å². The van der Waals surface area contributed by atoms with Crippen LogP contribution >= 0.6 is 0 Å². The van der Waals surface area contributed by atoms with Gasteiger partial charge in [0.1, 0.15) is 11.6 Å². The molecule has 1 saturated heterocycles. The Morgan fingerprint density at radius 2 is 1.83 bits per heavy atom. The zero-order valence-electron chi connectivity index (χ0n) is 18.1. The van der Waals surface area contributed by atoms with Crippen LogP contribution in [-0.4, -0.2) is 53.4 Å². The first-order chi connectivity index (χ1) is 14.4. The number of hydrogen-bond acceptors (Lipinski definition) is 6. The summed E-state index contributed by atoms with van der Waals surface area (Å²) < 4.78 is 1.87. The molecule has 9 heteroatoms. The van der Waals surface area contributed by atoms with Gasteiger partial charge in [0.25, 0.3) is 5.56 Å². The van der Waals surface area contributed by atoms with Crippen LogP contribution in [0.15, 0.2) is 23.5 Å². The second kappa shape index (κ2) is 9.60. The molecule has 0 unspecified atom stereocenters. The summed E-state index contributed by atoms with van der Waals surface area (Å²) in [4.78, 5) is 44.5. The third-order valence-electron chi connectivity index (χ3n) is 4.94. The molecule has 0 bridgehead atoms. The fourth-order valence-electron chi connectivity index (χ4n) is 3.42. The fourth-order valence-corrected chi connectivity index (χ4v) is 3.42. The first-order valence-electron chi connectivity index (χ1n) is 10.4. The summed E-state index contributed by atoms with van der Waals surface area (Å²) in [6.45, 7) is 10.6. The van der Waals surface area contributed by atoms with E-state index >= 15 is 0 Å². The summed E-state index contributed by atoms with van der Waals surface area (Å²) >= 11 is 0. The maximum absolute atomic E-state index is 11.7. The Kier molecular flexibility index (Phi) is 6.91. The molecule has 3 aromatic heterocycles. The third kappa shape index (κ3) is 4.90. The topological polar surface area (TPSA) is 110 Å². The molecule has 30 heavy (non-hydrogen) atoms. The van der Waals surface area contributed by atoms with Gasteiger partial charge in [-0.3, -0.25) is 9.59 Å². The fraction of sp³-hybridized carbons (Fsp3) is 0.524. The van der Waals surface area contributed by atoms with Crippen molar-refractivity contribution >= 4 is 17.1 Å². The van der Waals surface area contributed by atoms with Crippen molar-refractivity contribution in [3.63, 3.8) is 0 Å². The number of likely N-dealkylation sites (tertiary alicyclic amines) is 1. The van der Waals surface area contributed by atoms with E-state index in [4.69, 9.17) is 0 Å². The molecule has 1 amide bonds. The van der Waals surface area contributed by atoms with Crippen LogP contribution in [0.2, 0.25) is 0 Å². The quantitative estimate of drug-likeness (QED) is 0.706. The molecule has 0 aromatic carbocycles. The molecule has 0 radical (unpaired) electrons. The van der Waals surface area contributed by atoms with E-state index in [1.54, 1.807) is 12.4 Å². The van der Waals surface area contributed by atoms with Crippen molar-refractivity contribution in [3.05, 3.63) is 34.9 Å². The lowest BCUT2D eigenvalue weighted by atomic mass is 10.1. The predicted octanol–water partition coefficient (Wildman–Crippen LogP) is 2.56. The molecular formula is C21H29N7O2. The van der Waals surface area contributed by atoms with E-state index in [0.29, 0.717) is 41.2 Å². The summed E-state index contributed by atoms with van der Waals surface area (Å²) in [5.74, 6) is 2.20. The van der Waals surface area contributed by atoms with Gasteiger partial charge in [-0.1, -0.05) is 13.8 Å². The Morgan fingerprint density at radius 1 is 1.17 bits per heavy atom. The monoisotopic (exact) mass is 411 g/mol. The van der Waals surface area contributed by atoms with Crippen molar-refractivity contribution in [2.75, 3.05) is 13.1 Å². The van der Waals surface area contributed by atoms with Crippen molar-refractivity contribution in [1.82, 2.24) is 34.4 Å². The predicted molar refractivity (Wildman–Crippen MR) is 115 cm³/mol. The van der Waals surface area contributed by atoms with Crippen LogP contribution in [0.3, 0.4) is 0 Å². The molecule has 1 N–H and O–H groups in total. The van der Waals surface area contributed by atoms with Crippen LogP contribution in [0.5, 0.6) is 0 Å². The molecule has 0 spiro atoms. The number of hydrogen-bond donors (Lipinski definition) is 1. The van der Waals surface area contributed by atoms with Crippen LogP contribution in [0.1, 0.15) is 45.9 Å². The van der Waals surface area contributed by atoms with Gasteiger partial charge in [0.2, 0.25) is 5.91 Å². The number of amides is 1. The minimum absolute atomic E-state index is 0.244. The Bertz CT molecular complexity index is 1050. The van der Waals surface area contributed by atoms with Crippen molar-refractivity contribution < 1.29 is 4.79 Å². The minimum Gasteiger partial charge on any atom is -0.343 e. The number of carbonyl (C=O) groups excluding carboxylic acids is 1. The van der Waals surface area contributed by atoms with Crippen LogP contribution in [-0.2, 0) is 11.3 Å². The number of aromatic nitrogens is 6. The highest BCUT2D eigenvalue weighted by Crippen LogP contribution is 2.20. The molecule has 1 fully saturated rings. The van der Waals surface area contributed by atoms with Crippen LogP contribution < -0.4 is 5.56 Å². The molecule has 1 aliphatic rings. The van der Waals surface area contributed by atoms with E-state index in [9.17, 15) is 9.59 Å². The lowest BCUT2D eigenvalue weighted by Crippen LogP contribution is -2.28. The van der Waals surface area contributed by atoms with Gasteiger partial charge >= 0.3 is 0 Å². The number of nitrogens with one attached hydrogen (secondary N) is 1. The van der Waals surface area contributed by atoms with E-state index in [0.717, 1.165) is 25.1 Å². The highest BCUT2D eigenvalue weighted by atomic mass is 16.2. The number of H-pyrrole nitrogens is 1.